The summed E-state index contributed by atoms with van der Waals surface area (Å²) < 4.78 is 7.91. The van der Waals surface area contributed by atoms with Gasteiger partial charge in [-0.2, -0.15) is 0 Å². The predicted octanol–water partition coefficient (Wildman–Crippen LogP) is 2.00. The van der Waals surface area contributed by atoms with Gasteiger partial charge >= 0.3 is 0 Å². The van der Waals surface area contributed by atoms with Crippen molar-refractivity contribution in [2.75, 3.05) is 19.7 Å². The second-order valence-corrected chi connectivity index (χ2v) is 6.52. The summed E-state index contributed by atoms with van der Waals surface area (Å²) in [5.74, 6) is 2.70. The second kappa shape index (κ2) is 6.82. The molecule has 0 bridgehead atoms. The molecule has 2 heterocycles. The minimum Gasteiger partial charge on any atom is -0.491 e. The van der Waals surface area contributed by atoms with Crippen LogP contribution in [0, 0.1) is 6.92 Å². The topological polar surface area (TPSA) is 63.4 Å². The van der Waals surface area contributed by atoms with Gasteiger partial charge in [0.1, 0.15) is 30.1 Å². The number of benzene rings is 2. The Morgan fingerprint density at radius 3 is 2.84 bits per heavy atom. The third-order valence-electron chi connectivity index (χ3n) is 4.65. The van der Waals surface area contributed by atoms with Crippen molar-refractivity contribution in [2.24, 2.45) is 0 Å². The average Bonchev–Trinajstić information content (AvgIpc) is 3.00. The lowest BCUT2D eigenvalue weighted by atomic mass is 10.1. The summed E-state index contributed by atoms with van der Waals surface area (Å²) in [6.07, 6.45) is -0.540. The maximum atomic E-state index is 10.3. The molecule has 2 aromatic carbocycles. The quantitative estimate of drug-likeness (QED) is 0.771. The first-order valence-corrected chi connectivity index (χ1v) is 8.60. The summed E-state index contributed by atoms with van der Waals surface area (Å²) >= 11 is 0. The van der Waals surface area contributed by atoms with Crippen LogP contribution in [0.15, 0.2) is 42.5 Å². The number of hydrogen-bond acceptors (Lipinski definition) is 5. The van der Waals surface area contributed by atoms with Crippen LogP contribution in [0.3, 0.4) is 0 Å². The molecule has 25 heavy (non-hydrogen) atoms. The minimum atomic E-state index is -0.540. The molecule has 1 aromatic heterocycles. The molecule has 1 atom stereocenters. The second-order valence-electron chi connectivity index (χ2n) is 6.52. The Morgan fingerprint density at radius 2 is 1.96 bits per heavy atom. The molecule has 0 amide bonds. The molecule has 6 heteroatoms. The fourth-order valence-corrected chi connectivity index (χ4v) is 3.31. The zero-order valence-corrected chi connectivity index (χ0v) is 14.3. The van der Waals surface area contributed by atoms with E-state index in [1.165, 1.54) is 5.39 Å². The van der Waals surface area contributed by atoms with Crippen LogP contribution in [0.5, 0.6) is 5.75 Å². The molecule has 130 valence electrons. The van der Waals surface area contributed by atoms with E-state index in [9.17, 15) is 5.11 Å². The van der Waals surface area contributed by atoms with Gasteiger partial charge in [-0.25, -0.2) is 0 Å². The average molecular weight is 338 g/mol. The third kappa shape index (κ3) is 3.50. The van der Waals surface area contributed by atoms with E-state index in [0.717, 1.165) is 35.9 Å². The van der Waals surface area contributed by atoms with Crippen LogP contribution < -0.4 is 4.74 Å². The van der Waals surface area contributed by atoms with E-state index in [1.54, 1.807) is 0 Å². The molecule has 1 aliphatic heterocycles. The van der Waals surface area contributed by atoms with Gasteiger partial charge in [-0.05, 0) is 29.8 Å². The number of β-amino-alcohol motifs (C(OH)–C–C–N with tert-alkyl or cyclic N) is 1. The Hall–Kier alpha value is -2.44. The lowest BCUT2D eigenvalue weighted by molar-refractivity contribution is 0.0582. The van der Waals surface area contributed by atoms with Crippen LogP contribution in [-0.4, -0.2) is 50.6 Å². The minimum absolute atomic E-state index is 0.278. The third-order valence-corrected chi connectivity index (χ3v) is 4.65. The maximum Gasteiger partial charge on any atom is 0.147 e. The molecule has 0 saturated heterocycles. The number of aromatic nitrogens is 3. The summed E-state index contributed by atoms with van der Waals surface area (Å²) in [6, 6.07) is 14.2. The molecule has 6 nitrogen and oxygen atoms in total. The van der Waals surface area contributed by atoms with Crippen molar-refractivity contribution < 1.29 is 9.84 Å². The molecule has 0 spiro atoms. The lowest BCUT2D eigenvalue weighted by Gasteiger charge is -2.29. The molecular formula is C19H22N4O2. The highest BCUT2D eigenvalue weighted by Crippen LogP contribution is 2.21. The Balaban J connectivity index is 1.32. The first kappa shape index (κ1) is 16.1. The molecule has 4 rings (SSSR count). The van der Waals surface area contributed by atoms with Gasteiger partial charge in [0.2, 0.25) is 0 Å². The van der Waals surface area contributed by atoms with E-state index in [2.05, 4.69) is 31.8 Å². The summed E-state index contributed by atoms with van der Waals surface area (Å²) in [6.45, 7) is 5.29. The van der Waals surface area contributed by atoms with Crippen LogP contribution in [-0.2, 0) is 13.1 Å². The summed E-state index contributed by atoms with van der Waals surface area (Å²) in [5.41, 5.74) is 0. The smallest absolute Gasteiger partial charge is 0.147 e. The van der Waals surface area contributed by atoms with Gasteiger partial charge < -0.3 is 14.4 Å². The van der Waals surface area contributed by atoms with Crippen molar-refractivity contribution in [1.29, 1.82) is 0 Å². The van der Waals surface area contributed by atoms with Gasteiger partial charge in [0.25, 0.3) is 0 Å². The largest absolute Gasteiger partial charge is 0.491 e. The van der Waals surface area contributed by atoms with Gasteiger partial charge in [0.15, 0.2) is 0 Å². The predicted molar refractivity (Wildman–Crippen MR) is 95.5 cm³/mol. The van der Waals surface area contributed by atoms with E-state index >= 15 is 0 Å². The Bertz CT molecular complexity index is 877. The number of aryl methyl sites for hydroxylation is 1. The van der Waals surface area contributed by atoms with Crippen molar-refractivity contribution in [3.8, 4) is 5.75 Å². The van der Waals surface area contributed by atoms with Crippen LogP contribution in [0.4, 0.5) is 0 Å². The number of aliphatic hydroxyl groups is 1. The zero-order chi connectivity index (χ0) is 17.2. The molecule has 0 aliphatic carbocycles. The Kier molecular flexibility index (Phi) is 4.38. The summed E-state index contributed by atoms with van der Waals surface area (Å²) in [7, 11) is 0. The molecule has 0 radical (unpaired) electrons. The van der Waals surface area contributed by atoms with Gasteiger partial charge in [-0.3, -0.25) is 4.90 Å². The van der Waals surface area contributed by atoms with Crippen LogP contribution >= 0.6 is 0 Å². The molecule has 1 N–H and O–H groups in total. The van der Waals surface area contributed by atoms with Gasteiger partial charge in [-0.15, -0.1) is 10.2 Å². The summed E-state index contributed by atoms with van der Waals surface area (Å²) in [5, 5.41) is 20.9. The maximum absolute atomic E-state index is 10.3. The van der Waals surface area contributed by atoms with Crippen molar-refractivity contribution in [3.05, 3.63) is 54.1 Å². The molecule has 0 fully saturated rings. The number of fused-ring (bicyclic) bond motifs is 2. The van der Waals surface area contributed by atoms with Crippen LogP contribution in [0.2, 0.25) is 0 Å². The molecule has 3 aromatic rings. The highest BCUT2D eigenvalue weighted by molar-refractivity contribution is 5.83. The van der Waals surface area contributed by atoms with Crippen LogP contribution in [0.25, 0.3) is 10.8 Å². The normalized spacial score (nSPS) is 15.9. The Morgan fingerprint density at radius 1 is 1.12 bits per heavy atom. The lowest BCUT2D eigenvalue weighted by Crippen LogP contribution is -2.40. The van der Waals surface area contributed by atoms with E-state index in [-0.39, 0.29) is 6.61 Å². The molecule has 1 aliphatic rings. The SMILES string of the molecule is Cc1nnc2n1CCN(C[C@H](O)COc1ccc3ccccc3c1)C2. The van der Waals surface area contributed by atoms with Crippen molar-refractivity contribution >= 4 is 10.8 Å². The number of aliphatic hydroxyl groups excluding tert-OH is 1. The van der Waals surface area contributed by atoms with Gasteiger partial charge in [0, 0.05) is 19.6 Å². The first-order chi connectivity index (χ1) is 12.2. The number of nitrogens with zero attached hydrogens (tertiary/aromatic N) is 4. The molecule has 0 saturated carbocycles. The van der Waals surface area contributed by atoms with E-state index in [4.69, 9.17) is 4.74 Å². The molecular weight excluding hydrogens is 316 g/mol. The van der Waals surface area contributed by atoms with Crippen molar-refractivity contribution in [2.45, 2.75) is 26.1 Å². The number of ether oxygens (including phenoxy) is 1. The van der Waals surface area contributed by atoms with E-state index < -0.39 is 6.10 Å². The van der Waals surface area contributed by atoms with E-state index in [1.807, 2.05) is 37.3 Å². The fourth-order valence-electron chi connectivity index (χ4n) is 3.31. The molecule has 0 unspecified atom stereocenters. The van der Waals surface area contributed by atoms with Crippen molar-refractivity contribution in [3.63, 3.8) is 0 Å². The summed E-state index contributed by atoms with van der Waals surface area (Å²) in [4.78, 5) is 2.19. The van der Waals surface area contributed by atoms with Gasteiger partial charge in [-0.1, -0.05) is 30.3 Å². The highest BCUT2D eigenvalue weighted by Gasteiger charge is 2.21. The highest BCUT2D eigenvalue weighted by atomic mass is 16.5. The standard InChI is InChI=1S/C19H22N4O2/c1-14-20-21-19-12-22(8-9-23(14)19)11-17(24)13-25-18-7-6-15-4-2-3-5-16(15)10-18/h2-7,10,17,24H,8-9,11-13H2,1H3/t17-/m0/s1. The number of hydrogen-bond donors (Lipinski definition) is 1. The first-order valence-electron chi connectivity index (χ1n) is 8.60. The van der Waals surface area contributed by atoms with Gasteiger partial charge in [0.05, 0.1) is 6.54 Å². The Labute approximate surface area is 146 Å². The van der Waals surface area contributed by atoms with Crippen molar-refractivity contribution in [1.82, 2.24) is 19.7 Å². The monoisotopic (exact) mass is 338 g/mol. The zero-order valence-electron chi connectivity index (χ0n) is 14.3. The number of rotatable bonds is 5. The van der Waals surface area contributed by atoms with E-state index in [0.29, 0.717) is 13.1 Å². The fraction of sp³-hybridized carbons (Fsp3) is 0.368. The van der Waals surface area contributed by atoms with Crippen LogP contribution in [0.1, 0.15) is 11.6 Å².